The third-order valence-electron chi connectivity index (χ3n) is 4.69. The molecule has 148 valence electrons. The van der Waals surface area contributed by atoms with E-state index in [0.717, 1.165) is 19.3 Å². The SMILES string of the molecule is CCCCN1C(=O)C(=O)/C(=C(\O)c2cccc(OCCC)c2)C1c1ccco1. The minimum atomic E-state index is -0.734. The van der Waals surface area contributed by atoms with Gasteiger partial charge in [-0.2, -0.15) is 0 Å². The zero-order valence-corrected chi connectivity index (χ0v) is 16.2. The van der Waals surface area contributed by atoms with Crippen molar-refractivity contribution >= 4 is 17.4 Å². The lowest BCUT2D eigenvalue weighted by molar-refractivity contribution is -0.140. The topological polar surface area (TPSA) is 80.0 Å². The third-order valence-corrected chi connectivity index (χ3v) is 4.69. The Balaban J connectivity index is 2.06. The third kappa shape index (κ3) is 3.81. The molecule has 6 nitrogen and oxygen atoms in total. The van der Waals surface area contributed by atoms with Crippen LogP contribution in [0.2, 0.25) is 0 Å². The van der Waals surface area contributed by atoms with Crippen molar-refractivity contribution < 1.29 is 23.8 Å². The van der Waals surface area contributed by atoms with Crippen LogP contribution in [0.3, 0.4) is 0 Å². The molecule has 1 unspecified atom stereocenters. The van der Waals surface area contributed by atoms with Crippen molar-refractivity contribution in [3.8, 4) is 5.75 Å². The van der Waals surface area contributed by atoms with Crippen LogP contribution in [0.5, 0.6) is 5.75 Å². The summed E-state index contributed by atoms with van der Waals surface area (Å²) < 4.78 is 11.1. The van der Waals surface area contributed by atoms with Gasteiger partial charge in [-0.15, -0.1) is 0 Å². The van der Waals surface area contributed by atoms with Crippen molar-refractivity contribution in [1.29, 1.82) is 0 Å². The molecule has 3 rings (SSSR count). The van der Waals surface area contributed by atoms with Gasteiger partial charge < -0.3 is 19.2 Å². The maximum absolute atomic E-state index is 12.8. The Labute approximate surface area is 164 Å². The predicted octanol–water partition coefficient (Wildman–Crippen LogP) is 4.29. The molecule has 0 bridgehead atoms. The second-order valence-corrected chi connectivity index (χ2v) is 6.74. The Bertz CT molecular complexity index is 869. The van der Waals surface area contributed by atoms with E-state index >= 15 is 0 Å². The number of aliphatic hydroxyl groups is 1. The summed E-state index contributed by atoms with van der Waals surface area (Å²) in [6, 6.07) is 9.57. The fourth-order valence-electron chi connectivity index (χ4n) is 3.29. The number of hydrogen-bond donors (Lipinski definition) is 1. The number of amides is 1. The standard InChI is InChI=1S/C22H25NO5/c1-3-5-11-23-19(17-10-7-13-28-17)18(21(25)22(23)26)20(24)15-8-6-9-16(14-15)27-12-4-2/h6-10,13-14,19,24H,3-5,11-12H2,1-2H3/b20-18-. The van der Waals surface area contributed by atoms with Crippen molar-refractivity contribution in [3.63, 3.8) is 0 Å². The number of hydrogen-bond acceptors (Lipinski definition) is 5. The van der Waals surface area contributed by atoms with Gasteiger partial charge in [0.25, 0.3) is 11.7 Å². The predicted molar refractivity (Wildman–Crippen MR) is 105 cm³/mol. The summed E-state index contributed by atoms with van der Waals surface area (Å²) in [6.07, 6.45) is 3.99. The number of ketones is 1. The molecule has 28 heavy (non-hydrogen) atoms. The number of unbranched alkanes of at least 4 members (excludes halogenated alkanes) is 1. The summed E-state index contributed by atoms with van der Waals surface area (Å²) in [5.74, 6) is -0.485. The van der Waals surface area contributed by atoms with E-state index in [2.05, 4.69) is 0 Å². The van der Waals surface area contributed by atoms with Gasteiger partial charge >= 0.3 is 0 Å². The second-order valence-electron chi connectivity index (χ2n) is 6.74. The van der Waals surface area contributed by atoms with Crippen LogP contribution in [0.1, 0.15) is 50.5 Å². The van der Waals surface area contributed by atoms with E-state index in [-0.39, 0.29) is 11.3 Å². The summed E-state index contributed by atoms with van der Waals surface area (Å²) in [4.78, 5) is 26.9. The molecular formula is C22H25NO5. The summed E-state index contributed by atoms with van der Waals surface area (Å²) in [5, 5.41) is 11.0. The molecule has 1 aliphatic heterocycles. The average molecular weight is 383 g/mol. The van der Waals surface area contributed by atoms with Gasteiger partial charge in [-0.1, -0.05) is 32.4 Å². The molecular weight excluding hydrogens is 358 g/mol. The van der Waals surface area contributed by atoms with Crippen LogP contribution in [0.25, 0.3) is 5.76 Å². The fourth-order valence-corrected chi connectivity index (χ4v) is 3.29. The van der Waals surface area contributed by atoms with Gasteiger partial charge in [0.1, 0.15) is 23.3 Å². The summed E-state index contributed by atoms with van der Waals surface area (Å²) in [7, 11) is 0. The minimum Gasteiger partial charge on any atom is -0.507 e. The van der Waals surface area contributed by atoms with E-state index < -0.39 is 17.7 Å². The molecule has 1 aromatic carbocycles. The maximum atomic E-state index is 12.8. The summed E-state index contributed by atoms with van der Waals surface area (Å²) >= 11 is 0. The quantitative estimate of drug-likeness (QED) is 0.418. The molecule has 0 radical (unpaired) electrons. The number of aliphatic hydroxyl groups excluding tert-OH is 1. The molecule has 1 aromatic heterocycles. The van der Waals surface area contributed by atoms with Crippen LogP contribution in [-0.4, -0.2) is 34.8 Å². The van der Waals surface area contributed by atoms with Crippen molar-refractivity contribution in [2.45, 2.75) is 39.2 Å². The summed E-state index contributed by atoms with van der Waals surface area (Å²) in [5.41, 5.74) is 0.474. The zero-order chi connectivity index (χ0) is 20.1. The van der Waals surface area contributed by atoms with Crippen molar-refractivity contribution in [1.82, 2.24) is 4.90 Å². The molecule has 1 amide bonds. The zero-order valence-electron chi connectivity index (χ0n) is 16.2. The van der Waals surface area contributed by atoms with Crippen molar-refractivity contribution in [3.05, 3.63) is 59.6 Å². The van der Waals surface area contributed by atoms with Crippen LogP contribution >= 0.6 is 0 Å². The van der Waals surface area contributed by atoms with Gasteiger partial charge in [0.05, 0.1) is 18.4 Å². The highest BCUT2D eigenvalue weighted by Crippen LogP contribution is 2.40. The lowest BCUT2D eigenvalue weighted by Gasteiger charge is -2.23. The number of carbonyl (C=O) groups is 2. The molecule has 1 N–H and O–H groups in total. The lowest BCUT2D eigenvalue weighted by atomic mass is 9.99. The number of benzene rings is 1. The molecule has 1 atom stereocenters. The van der Waals surface area contributed by atoms with Gasteiger partial charge in [0.15, 0.2) is 0 Å². The highest BCUT2D eigenvalue weighted by molar-refractivity contribution is 6.46. The Morgan fingerprint density at radius 2 is 2.00 bits per heavy atom. The van der Waals surface area contributed by atoms with Gasteiger partial charge in [0, 0.05) is 12.1 Å². The van der Waals surface area contributed by atoms with Crippen LogP contribution in [0.4, 0.5) is 0 Å². The van der Waals surface area contributed by atoms with E-state index in [1.165, 1.54) is 11.2 Å². The normalized spacial score (nSPS) is 18.6. The molecule has 0 saturated carbocycles. The van der Waals surface area contributed by atoms with E-state index in [4.69, 9.17) is 9.15 Å². The molecule has 0 spiro atoms. The van der Waals surface area contributed by atoms with Crippen LogP contribution < -0.4 is 4.74 Å². The minimum absolute atomic E-state index is 0.0451. The maximum Gasteiger partial charge on any atom is 0.295 e. The first-order valence-corrected chi connectivity index (χ1v) is 9.63. The van der Waals surface area contributed by atoms with Crippen molar-refractivity contribution in [2.75, 3.05) is 13.2 Å². The number of ether oxygens (including phenoxy) is 1. The number of carbonyl (C=O) groups excluding carboxylic acids is 2. The average Bonchev–Trinajstić information content (AvgIpc) is 3.32. The largest absolute Gasteiger partial charge is 0.507 e. The number of furan rings is 1. The first kappa shape index (κ1) is 19.7. The second kappa shape index (κ2) is 8.78. The molecule has 0 aliphatic carbocycles. The monoisotopic (exact) mass is 383 g/mol. The van der Waals surface area contributed by atoms with E-state index in [0.29, 0.717) is 30.2 Å². The highest BCUT2D eigenvalue weighted by atomic mass is 16.5. The molecule has 6 heteroatoms. The molecule has 1 aliphatic rings. The first-order valence-electron chi connectivity index (χ1n) is 9.63. The first-order chi connectivity index (χ1) is 13.6. The smallest absolute Gasteiger partial charge is 0.295 e. The molecule has 1 saturated heterocycles. The lowest BCUT2D eigenvalue weighted by Crippen LogP contribution is -2.30. The Morgan fingerprint density at radius 1 is 1.18 bits per heavy atom. The molecule has 2 aromatic rings. The van der Waals surface area contributed by atoms with E-state index in [9.17, 15) is 14.7 Å². The van der Waals surface area contributed by atoms with Gasteiger partial charge in [-0.25, -0.2) is 0 Å². The summed E-state index contributed by atoms with van der Waals surface area (Å²) in [6.45, 7) is 4.99. The van der Waals surface area contributed by atoms with Crippen LogP contribution in [-0.2, 0) is 9.59 Å². The Kier molecular flexibility index (Phi) is 6.19. The molecule has 2 heterocycles. The number of Topliss-reactive ketones (excluding diaryl/α,β-unsaturated/α-hetero) is 1. The van der Waals surface area contributed by atoms with Crippen LogP contribution in [0.15, 0.2) is 52.7 Å². The highest BCUT2D eigenvalue weighted by Gasteiger charge is 2.47. The van der Waals surface area contributed by atoms with Gasteiger partial charge in [0.2, 0.25) is 0 Å². The Hall–Kier alpha value is -3.02. The van der Waals surface area contributed by atoms with Crippen molar-refractivity contribution in [2.24, 2.45) is 0 Å². The number of nitrogens with zero attached hydrogens (tertiary/aromatic N) is 1. The number of likely N-dealkylation sites (tertiary alicyclic amines) is 1. The van der Waals surface area contributed by atoms with Gasteiger partial charge in [-0.05, 0) is 37.1 Å². The molecule has 1 fully saturated rings. The fraction of sp³-hybridized carbons (Fsp3) is 0.364. The number of rotatable bonds is 8. The van der Waals surface area contributed by atoms with Crippen LogP contribution in [0, 0.1) is 0 Å². The van der Waals surface area contributed by atoms with Gasteiger partial charge in [-0.3, -0.25) is 9.59 Å². The van der Waals surface area contributed by atoms with E-state index in [1.807, 2.05) is 13.8 Å². The van der Waals surface area contributed by atoms with E-state index in [1.54, 1.807) is 36.4 Å². The Morgan fingerprint density at radius 3 is 2.68 bits per heavy atom.